The van der Waals surface area contributed by atoms with Gasteiger partial charge < -0.3 is 19.5 Å². The zero-order valence-corrected chi connectivity index (χ0v) is 25.8. The van der Waals surface area contributed by atoms with Crippen LogP contribution in [0.1, 0.15) is 119 Å². The average molecular weight is 489 g/mol. The first-order chi connectivity index (χ1) is 15.3. The van der Waals surface area contributed by atoms with E-state index in [2.05, 4.69) is 52.2 Å². The average Bonchev–Trinajstić information content (AvgIpc) is 2.75. The molecular weight excluding hydrogens is 428 g/mol. The maximum atomic E-state index is 5.71. The lowest BCUT2D eigenvalue weighted by molar-refractivity contribution is 0.334. The standard InChI is InChI=1S/C26H60N2O2Si2/c1-7-29-31-25(3,4)19-23-27-21-17-15-13-11-9-10-12-14-16-18-22-28-24-20-26(5,6)32-30-8-2/h27-28H,7-24,31-32H2,1-6H3. The Balaban J connectivity index is 3.24. The third-order valence-electron chi connectivity index (χ3n) is 6.31. The monoisotopic (exact) mass is 488 g/mol. The van der Waals surface area contributed by atoms with Gasteiger partial charge in [0.05, 0.1) is 0 Å². The van der Waals surface area contributed by atoms with Crippen LogP contribution in [-0.4, -0.2) is 58.9 Å². The zero-order chi connectivity index (χ0) is 24.0. The lowest BCUT2D eigenvalue weighted by atomic mass is 10.1. The van der Waals surface area contributed by atoms with Crippen molar-refractivity contribution in [3.8, 4) is 0 Å². The number of hydrogen-bond donors (Lipinski definition) is 2. The number of unbranched alkanes of at least 4 members (excludes halogenated alkanes) is 9. The van der Waals surface area contributed by atoms with Gasteiger partial charge in [0.25, 0.3) is 0 Å². The molecule has 2 N–H and O–H groups in total. The molecule has 194 valence electrons. The van der Waals surface area contributed by atoms with Gasteiger partial charge in [-0.3, -0.25) is 0 Å². The molecule has 0 aliphatic rings. The second-order valence-corrected chi connectivity index (χ2v) is 16.4. The molecule has 0 aromatic heterocycles. The van der Waals surface area contributed by atoms with Crippen LogP contribution >= 0.6 is 0 Å². The summed E-state index contributed by atoms with van der Waals surface area (Å²) in [6.45, 7) is 20.1. The second-order valence-electron chi connectivity index (χ2n) is 11.1. The molecule has 6 heteroatoms. The fourth-order valence-electron chi connectivity index (χ4n) is 3.92. The molecule has 0 aromatic carbocycles. The zero-order valence-electron chi connectivity index (χ0n) is 23.0. The van der Waals surface area contributed by atoms with E-state index in [1.54, 1.807) is 0 Å². The Hall–Kier alpha value is 0.274. The molecule has 0 atom stereocenters. The summed E-state index contributed by atoms with van der Waals surface area (Å²) in [6, 6.07) is 0. The molecule has 0 saturated heterocycles. The van der Waals surface area contributed by atoms with E-state index in [0.29, 0.717) is 10.1 Å². The van der Waals surface area contributed by atoms with Crippen molar-refractivity contribution >= 4 is 19.5 Å². The smallest absolute Gasteiger partial charge is 0.167 e. The molecule has 4 nitrogen and oxygen atoms in total. The highest BCUT2D eigenvalue weighted by atomic mass is 28.2. The maximum absolute atomic E-state index is 5.71. The molecule has 0 spiro atoms. The first kappa shape index (κ1) is 32.3. The van der Waals surface area contributed by atoms with E-state index in [-0.39, 0.29) is 19.5 Å². The predicted octanol–water partition coefficient (Wildman–Crippen LogP) is 5.48. The number of nitrogens with one attached hydrogen (secondary N) is 2. The Bertz CT molecular complexity index is 360. The summed E-state index contributed by atoms with van der Waals surface area (Å²) >= 11 is 0. The largest absolute Gasteiger partial charge is 0.424 e. The van der Waals surface area contributed by atoms with Crippen LogP contribution in [0.3, 0.4) is 0 Å². The van der Waals surface area contributed by atoms with Crippen molar-refractivity contribution in [3.63, 3.8) is 0 Å². The van der Waals surface area contributed by atoms with Crippen LogP contribution in [0.4, 0.5) is 0 Å². The summed E-state index contributed by atoms with van der Waals surface area (Å²) in [6.07, 6.45) is 16.5. The normalized spacial score (nSPS) is 13.3. The summed E-state index contributed by atoms with van der Waals surface area (Å²) in [7, 11) is -0.762. The third-order valence-corrected chi connectivity index (χ3v) is 9.80. The van der Waals surface area contributed by atoms with E-state index in [0.717, 1.165) is 26.3 Å². The summed E-state index contributed by atoms with van der Waals surface area (Å²) in [5.74, 6) is 0. The van der Waals surface area contributed by atoms with Gasteiger partial charge in [0.15, 0.2) is 19.5 Å². The molecule has 0 heterocycles. The van der Waals surface area contributed by atoms with E-state index in [4.69, 9.17) is 8.85 Å². The molecule has 0 saturated carbocycles. The summed E-state index contributed by atoms with van der Waals surface area (Å²) in [5, 5.41) is 8.13. The van der Waals surface area contributed by atoms with Crippen molar-refractivity contribution in [2.24, 2.45) is 0 Å². The van der Waals surface area contributed by atoms with Gasteiger partial charge in [-0.05, 0) is 75.8 Å². The van der Waals surface area contributed by atoms with Gasteiger partial charge in [-0.2, -0.15) is 0 Å². The van der Waals surface area contributed by atoms with Crippen LogP contribution in [0, 0.1) is 0 Å². The molecule has 0 bridgehead atoms. The van der Waals surface area contributed by atoms with Gasteiger partial charge in [-0.1, -0.05) is 79.1 Å². The number of hydrogen-bond acceptors (Lipinski definition) is 4. The Morgan fingerprint density at radius 1 is 0.500 bits per heavy atom. The molecule has 0 rings (SSSR count). The Morgan fingerprint density at radius 3 is 1.12 bits per heavy atom. The van der Waals surface area contributed by atoms with E-state index < -0.39 is 0 Å². The lowest BCUT2D eigenvalue weighted by Crippen LogP contribution is -2.24. The van der Waals surface area contributed by atoms with Crippen LogP contribution < -0.4 is 10.6 Å². The molecule has 0 amide bonds. The highest BCUT2D eigenvalue weighted by Gasteiger charge is 2.18. The third kappa shape index (κ3) is 23.4. The topological polar surface area (TPSA) is 42.5 Å². The highest BCUT2D eigenvalue weighted by Crippen LogP contribution is 2.27. The maximum Gasteiger partial charge on any atom is 0.167 e. The van der Waals surface area contributed by atoms with Crippen molar-refractivity contribution in [1.82, 2.24) is 10.6 Å². The van der Waals surface area contributed by atoms with Crippen molar-refractivity contribution in [1.29, 1.82) is 0 Å². The Labute approximate surface area is 207 Å². The lowest BCUT2D eigenvalue weighted by Gasteiger charge is -2.23. The van der Waals surface area contributed by atoms with Crippen LogP contribution in [0.5, 0.6) is 0 Å². The minimum absolute atomic E-state index is 0.381. The first-order valence-electron chi connectivity index (χ1n) is 13.9. The van der Waals surface area contributed by atoms with Crippen LogP contribution in [0.2, 0.25) is 10.1 Å². The van der Waals surface area contributed by atoms with Gasteiger partial charge in [-0.15, -0.1) is 0 Å². The van der Waals surface area contributed by atoms with Gasteiger partial charge in [0.1, 0.15) is 0 Å². The Morgan fingerprint density at radius 2 is 0.812 bits per heavy atom. The van der Waals surface area contributed by atoms with Gasteiger partial charge in [-0.25, -0.2) is 0 Å². The van der Waals surface area contributed by atoms with Crippen molar-refractivity contribution in [2.75, 3.05) is 39.4 Å². The van der Waals surface area contributed by atoms with Gasteiger partial charge >= 0.3 is 0 Å². The van der Waals surface area contributed by atoms with Crippen molar-refractivity contribution < 1.29 is 8.85 Å². The fraction of sp³-hybridized carbons (Fsp3) is 1.00. The molecule has 0 aliphatic carbocycles. The molecule has 0 fully saturated rings. The van der Waals surface area contributed by atoms with E-state index in [9.17, 15) is 0 Å². The van der Waals surface area contributed by atoms with Crippen LogP contribution in [-0.2, 0) is 8.85 Å². The molecule has 0 unspecified atom stereocenters. The number of rotatable bonds is 25. The summed E-state index contributed by atoms with van der Waals surface area (Å²) < 4.78 is 11.4. The fourth-order valence-corrected chi connectivity index (χ4v) is 6.07. The molecule has 0 aliphatic heterocycles. The van der Waals surface area contributed by atoms with Gasteiger partial charge in [0, 0.05) is 13.2 Å². The van der Waals surface area contributed by atoms with Crippen LogP contribution in [0.25, 0.3) is 0 Å². The first-order valence-corrected chi connectivity index (χ1v) is 16.5. The van der Waals surface area contributed by atoms with Gasteiger partial charge in [0.2, 0.25) is 0 Å². The molecule has 0 aromatic rings. The van der Waals surface area contributed by atoms with E-state index in [1.807, 2.05) is 0 Å². The van der Waals surface area contributed by atoms with E-state index in [1.165, 1.54) is 90.1 Å². The molecule has 0 radical (unpaired) electrons. The molecule has 32 heavy (non-hydrogen) atoms. The second kappa shape index (κ2) is 21.8. The van der Waals surface area contributed by atoms with Crippen molar-refractivity contribution in [3.05, 3.63) is 0 Å². The Kier molecular flexibility index (Phi) is 22.0. The predicted molar refractivity (Wildman–Crippen MR) is 150 cm³/mol. The highest BCUT2D eigenvalue weighted by molar-refractivity contribution is 6.32. The minimum Gasteiger partial charge on any atom is -0.424 e. The minimum atomic E-state index is -0.381. The van der Waals surface area contributed by atoms with Crippen molar-refractivity contribution in [2.45, 2.75) is 129 Å². The van der Waals surface area contributed by atoms with Crippen LogP contribution in [0.15, 0.2) is 0 Å². The SMILES string of the molecule is CCO[SiH2]C(C)(C)CCNCCCCCCCCCCCCNCCC(C)(C)[SiH2]OCC. The summed E-state index contributed by atoms with van der Waals surface area (Å²) in [5.41, 5.74) is 0. The molecular formula is C26H60N2O2Si2. The van der Waals surface area contributed by atoms with E-state index >= 15 is 0 Å². The quantitative estimate of drug-likeness (QED) is 0.132. The summed E-state index contributed by atoms with van der Waals surface area (Å²) in [4.78, 5) is 0.